The third-order valence-electron chi connectivity index (χ3n) is 3.83. The molecule has 1 fully saturated rings. The van der Waals surface area contributed by atoms with E-state index >= 15 is 0 Å². The van der Waals surface area contributed by atoms with Crippen molar-refractivity contribution in [2.24, 2.45) is 11.3 Å². The van der Waals surface area contributed by atoms with E-state index in [1.165, 1.54) is 0 Å². The van der Waals surface area contributed by atoms with Gasteiger partial charge in [0, 0.05) is 11.0 Å². The van der Waals surface area contributed by atoms with Crippen LogP contribution in [-0.2, 0) is 9.59 Å². The van der Waals surface area contributed by atoms with Crippen LogP contribution in [0.15, 0.2) is 0 Å². The largest absolute Gasteiger partial charge is 0.350 e. The second-order valence-corrected chi connectivity index (χ2v) is 7.25. The van der Waals surface area contributed by atoms with Gasteiger partial charge in [-0.15, -0.1) is 0 Å². The Balaban J connectivity index is 2.46. The third kappa shape index (κ3) is 5.12. The van der Waals surface area contributed by atoms with Crippen molar-refractivity contribution in [2.75, 3.05) is 19.6 Å². The molecular weight excluding hydrogens is 254 g/mol. The van der Waals surface area contributed by atoms with Crippen molar-refractivity contribution in [1.82, 2.24) is 16.0 Å². The van der Waals surface area contributed by atoms with E-state index in [2.05, 4.69) is 16.0 Å². The first-order valence-electron chi connectivity index (χ1n) is 7.43. The van der Waals surface area contributed by atoms with E-state index in [0.717, 1.165) is 25.9 Å². The SMILES string of the molecule is CC(C)(C)NC(=O)CNC(=O)C(C)(C)C1CCCNC1. The Bertz CT molecular complexity index is 353. The monoisotopic (exact) mass is 283 g/mol. The van der Waals surface area contributed by atoms with Crippen LogP contribution in [0.5, 0.6) is 0 Å². The normalized spacial score (nSPS) is 20.4. The van der Waals surface area contributed by atoms with Gasteiger partial charge < -0.3 is 16.0 Å². The molecule has 20 heavy (non-hydrogen) atoms. The topological polar surface area (TPSA) is 70.2 Å². The fourth-order valence-corrected chi connectivity index (χ4v) is 2.50. The van der Waals surface area contributed by atoms with Crippen molar-refractivity contribution < 1.29 is 9.59 Å². The van der Waals surface area contributed by atoms with Gasteiger partial charge in [-0.1, -0.05) is 13.8 Å². The molecule has 0 aromatic heterocycles. The predicted octanol–water partition coefficient (Wildman–Crippen LogP) is 1.04. The van der Waals surface area contributed by atoms with Crippen LogP contribution in [0.25, 0.3) is 0 Å². The highest BCUT2D eigenvalue weighted by Crippen LogP contribution is 2.31. The molecule has 1 saturated heterocycles. The maximum atomic E-state index is 12.3. The van der Waals surface area contributed by atoms with Crippen LogP contribution in [-0.4, -0.2) is 37.0 Å². The number of rotatable bonds is 4. The summed E-state index contributed by atoms with van der Waals surface area (Å²) < 4.78 is 0. The van der Waals surface area contributed by atoms with E-state index in [1.807, 2.05) is 34.6 Å². The zero-order valence-electron chi connectivity index (χ0n) is 13.4. The van der Waals surface area contributed by atoms with E-state index in [-0.39, 0.29) is 23.9 Å². The first kappa shape index (κ1) is 17.0. The second kappa shape index (κ2) is 6.57. The summed E-state index contributed by atoms with van der Waals surface area (Å²) in [4.78, 5) is 24.0. The van der Waals surface area contributed by atoms with Crippen LogP contribution >= 0.6 is 0 Å². The molecule has 2 amide bonds. The van der Waals surface area contributed by atoms with Crippen molar-refractivity contribution in [3.63, 3.8) is 0 Å². The van der Waals surface area contributed by atoms with Crippen molar-refractivity contribution in [2.45, 2.75) is 53.0 Å². The van der Waals surface area contributed by atoms with Crippen LogP contribution in [0.1, 0.15) is 47.5 Å². The van der Waals surface area contributed by atoms with Gasteiger partial charge in [-0.05, 0) is 52.6 Å². The number of amides is 2. The van der Waals surface area contributed by atoms with Gasteiger partial charge in [0.25, 0.3) is 0 Å². The maximum Gasteiger partial charge on any atom is 0.239 e. The minimum atomic E-state index is -0.449. The van der Waals surface area contributed by atoms with Gasteiger partial charge in [-0.2, -0.15) is 0 Å². The molecule has 1 unspecified atom stereocenters. The lowest BCUT2D eigenvalue weighted by molar-refractivity contribution is -0.134. The first-order chi connectivity index (χ1) is 9.13. The molecule has 5 nitrogen and oxygen atoms in total. The molecule has 116 valence electrons. The Morgan fingerprint density at radius 3 is 2.35 bits per heavy atom. The van der Waals surface area contributed by atoms with Crippen LogP contribution in [0.4, 0.5) is 0 Å². The molecule has 0 radical (unpaired) electrons. The Labute approximate surface area is 122 Å². The van der Waals surface area contributed by atoms with Gasteiger partial charge in [0.15, 0.2) is 0 Å². The fraction of sp³-hybridized carbons (Fsp3) is 0.867. The molecule has 1 aliphatic rings. The number of nitrogens with one attached hydrogen (secondary N) is 3. The van der Waals surface area contributed by atoms with Crippen molar-refractivity contribution in [3.8, 4) is 0 Å². The lowest BCUT2D eigenvalue weighted by atomic mass is 9.74. The van der Waals surface area contributed by atoms with E-state index < -0.39 is 5.41 Å². The molecule has 0 aliphatic carbocycles. The second-order valence-electron chi connectivity index (χ2n) is 7.25. The quantitative estimate of drug-likeness (QED) is 0.722. The number of carbonyl (C=O) groups is 2. The van der Waals surface area contributed by atoms with Gasteiger partial charge in [-0.3, -0.25) is 9.59 Å². The predicted molar refractivity (Wildman–Crippen MR) is 80.3 cm³/mol. The van der Waals surface area contributed by atoms with Crippen molar-refractivity contribution >= 4 is 11.8 Å². The average Bonchev–Trinajstić information content (AvgIpc) is 2.35. The Morgan fingerprint density at radius 2 is 1.85 bits per heavy atom. The molecular formula is C15H29N3O2. The summed E-state index contributed by atoms with van der Waals surface area (Å²) in [5.74, 6) is 0.126. The molecule has 5 heteroatoms. The minimum absolute atomic E-state index is 0.0414. The van der Waals surface area contributed by atoms with Gasteiger partial charge in [0.05, 0.1) is 6.54 Å². The van der Waals surface area contributed by atoms with Crippen LogP contribution in [0, 0.1) is 11.3 Å². The van der Waals surface area contributed by atoms with E-state index in [9.17, 15) is 9.59 Å². The molecule has 0 aromatic rings. The van der Waals surface area contributed by atoms with Crippen molar-refractivity contribution in [3.05, 3.63) is 0 Å². The summed E-state index contributed by atoms with van der Waals surface area (Å²) in [5.41, 5.74) is -0.722. The van der Waals surface area contributed by atoms with Crippen LogP contribution < -0.4 is 16.0 Å². The summed E-state index contributed by atoms with van der Waals surface area (Å²) >= 11 is 0. The van der Waals surface area contributed by atoms with Gasteiger partial charge in [0.1, 0.15) is 0 Å². The molecule has 0 bridgehead atoms. The van der Waals surface area contributed by atoms with E-state index in [4.69, 9.17) is 0 Å². The fourth-order valence-electron chi connectivity index (χ4n) is 2.50. The molecule has 0 spiro atoms. The zero-order chi connectivity index (χ0) is 15.4. The lowest BCUT2D eigenvalue weighted by Crippen LogP contribution is -2.51. The minimum Gasteiger partial charge on any atom is -0.350 e. The standard InChI is InChI=1S/C15H29N3O2/c1-14(2,3)18-12(19)10-17-13(20)15(4,5)11-7-6-8-16-9-11/h11,16H,6-10H2,1-5H3,(H,17,20)(H,18,19). The zero-order valence-corrected chi connectivity index (χ0v) is 13.4. The summed E-state index contributed by atoms with van der Waals surface area (Å²) in [6.45, 7) is 11.6. The average molecular weight is 283 g/mol. The van der Waals surface area contributed by atoms with E-state index in [1.54, 1.807) is 0 Å². The summed E-state index contributed by atoms with van der Waals surface area (Å²) in [7, 11) is 0. The Hall–Kier alpha value is -1.10. The highest BCUT2D eigenvalue weighted by atomic mass is 16.2. The summed E-state index contributed by atoms with van der Waals surface area (Å²) in [6.07, 6.45) is 2.16. The Kier molecular flexibility index (Phi) is 5.57. The molecule has 1 rings (SSSR count). The first-order valence-corrected chi connectivity index (χ1v) is 7.43. The highest BCUT2D eigenvalue weighted by Gasteiger charge is 2.37. The number of hydrogen-bond donors (Lipinski definition) is 3. The number of piperidine rings is 1. The van der Waals surface area contributed by atoms with Crippen molar-refractivity contribution in [1.29, 1.82) is 0 Å². The number of hydrogen-bond acceptors (Lipinski definition) is 3. The third-order valence-corrected chi connectivity index (χ3v) is 3.83. The van der Waals surface area contributed by atoms with Gasteiger partial charge >= 0.3 is 0 Å². The molecule has 1 atom stereocenters. The summed E-state index contributed by atoms with van der Waals surface area (Å²) in [5, 5.41) is 8.94. The van der Waals surface area contributed by atoms with Crippen LogP contribution in [0.3, 0.4) is 0 Å². The maximum absolute atomic E-state index is 12.3. The van der Waals surface area contributed by atoms with E-state index in [0.29, 0.717) is 5.92 Å². The molecule has 0 aromatic carbocycles. The van der Waals surface area contributed by atoms with Gasteiger partial charge in [0.2, 0.25) is 11.8 Å². The molecule has 1 heterocycles. The van der Waals surface area contributed by atoms with Crippen LogP contribution in [0.2, 0.25) is 0 Å². The summed E-state index contributed by atoms with van der Waals surface area (Å²) in [6, 6.07) is 0. The molecule has 0 saturated carbocycles. The molecule has 3 N–H and O–H groups in total. The highest BCUT2D eigenvalue weighted by molar-refractivity contribution is 5.87. The molecule has 1 aliphatic heterocycles. The lowest BCUT2D eigenvalue weighted by Gasteiger charge is -2.36. The number of carbonyl (C=O) groups excluding carboxylic acids is 2. The van der Waals surface area contributed by atoms with Gasteiger partial charge in [-0.25, -0.2) is 0 Å². The Morgan fingerprint density at radius 1 is 1.20 bits per heavy atom. The smallest absolute Gasteiger partial charge is 0.239 e.